The van der Waals surface area contributed by atoms with Gasteiger partial charge in [0.2, 0.25) is 0 Å². The van der Waals surface area contributed by atoms with Gasteiger partial charge in [0.05, 0.1) is 10.2 Å². The number of hydrogen-bond donors (Lipinski definition) is 5. The van der Waals surface area contributed by atoms with Crippen LogP contribution in [-0.4, -0.2) is 41.0 Å². The molecule has 0 spiro atoms. The summed E-state index contributed by atoms with van der Waals surface area (Å²) in [5, 5.41) is 9.13. The van der Waals surface area contributed by atoms with Crippen LogP contribution < -0.4 is 21.5 Å². The van der Waals surface area contributed by atoms with Gasteiger partial charge in [0.25, 0.3) is 5.91 Å². The Morgan fingerprint density at radius 3 is 2.65 bits per heavy atom. The third-order valence-corrected chi connectivity index (χ3v) is 7.03. The number of amides is 1. The topological polar surface area (TPSA) is 107 Å². The minimum atomic E-state index is -0.147. The lowest BCUT2D eigenvalue weighted by Gasteiger charge is -2.12. The maximum absolute atomic E-state index is 12.0. The van der Waals surface area contributed by atoms with Crippen LogP contribution in [0.4, 0.5) is 11.5 Å². The molecule has 8 nitrogen and oxygen atoms in total. The molecule has 3 aromatic heterocycles. The summed E-state index contributed by atoms with van der Waals surface area (Å²) in [4.78, 5) is 24.8. The third kappa shape index (κ3) is 3.79. The summed E-state index contributed by atoms with van der Waals surface area (Å²) in [7, 11) is 1.62. The lowest BCUT2D eigenvalue weighted by atomic mass is 10.0. The first-order chi connectivity index (χ1) is 16.7. The van der Waals surface area contributed by atoms with Gasteiger partial charge in [-0.15, -0.1) is 11.3 Å². The fourth-order valence-corrected chi connectivity index (χ4v) is 5.05. The van der Waals surface area contributed by atoms with Gasteiger partial charge in [-0.3, -0.25) is 15.6 Å². The van der Waals surface area contributed by atoms with E-state index in [1.807, 2.05) is 35.7 Å². The molecular formula is C25H23N7OS. The van der Waals surface area contributed by atoms with E-state index in [0.29, 0.717) is 17.4 Å². The number of aromatic amines is 1. The smallest absolute Gasteiger partial charge is 0.267 e. The summed E-state index contributed by atoms with van der Waals surface area (Å²) in [6.45, 7) is 1.88. The number of nitrogens with one attached hydrogen (secondary N) is 5. The average molecular weight is 470 g/mol. The number of thiophene rings is 1. The van der Waals surface area contributed by atoms with Crippen molar-refractivity contribution in [1.82, 2.24) is 31.1 Å². The van der Waals surface area contributed by atoms with E-state index in [4.69, 9.17) is 9.97 Å². The van der Waals surface area contributed by atoms with Gasteiger partial charge in [-0.1, -0.05) is 24.3 Å². The molecular weight excluding hydrogens is 446 g/mol. The van der Waals surface area contributed by atoms with Crippen molar-refractivity contribution < 1.29 is 4.79 Å². The predicted molar refractivity (Wildman–Crippen MR) is 137 cm³/mol. The van der Waals surface area contributed by atoms with E-state index < -0.39 is 0 Å². The Morgan fingerprint density at radius 1 is 1.03 bits per heavy atom. The molecule has 6 rings (SSSR count). The number of hydrogen-bond acceptors (Lipinski definition) is 7. The zero-order valence-electron chi connectivity index (χ0n) is 18.5. The van der Waals surface area contributed by atoms with Crippen molar-refractivity contribution in [3.63, 3.8) is 0 Å². The molecule has 0 bridgehead atoms. The van der Waals surface area contributed by atoms with Crippen LogP contribution >= 0.6 is 11.3 Å². The molecule has 1 aliphatic heterocycles. The van der Waals surface area contributed by atoms with Crippen LogP contribution in [0.2, 0.25) is 0 Å². The van der Waals surface area contributed by atoms with Crippen molar-refractivity contribution in [2.45, 2.75) is 5.92 Å². The van der Waals surface area contributed by atoms with Crippen molar-refractivity contribution in [2.75, 3.05) is 25.5 Å². The standard InChI is InChI=1S/C25H23N7OS/c1-26-25(33)21-10-15-2-3-16(11-20(15)30-21)23-31-19-8-9-34-22(19)24(32-23)29-18-6-4-14(5-7-18)17-12-27-28-13-17/h2-11,17,27-28,30H,12-13H2,1H3,(H,26,33)(H,29,31,32). The number of hydrazine groups is 1. The van der Waals surface area contributed by atoms with E-state index in [0.717, 1.165) is 51.3 Å². The molecule has 1 aliphatic rings. The number of aromatic nitrogens is 3. The number of benzene rings is 2. The van der Waals surface area contributed by atoms with E-state index in [1.165, 1.54) is 5.56 Å². The fourth-order valence-electron chi connectivity index (χ4n) is 4.27. The highest BCUT2D eigenvalue weighted by molar-refractivity contribution is 7.17. The maximum atomic E-state index is 12.0. The molecule has 5 aromatic rings. The molecule has 0 radical (unpaired) electrons. The van der Waals surface area contributed by atoms with Crippen molar-refractivity contribution in [3.8, 4) is 11.4 Å². The van der Waals surface area contributed by atoms with E-state index in [9.17, 15) is 4.79 Å². The van der Waals surface area contributed by atoms with E-state index in [-0.39, 0.29) is 5.91 Å². The molecule has 1 saturated heterocycles. The molecule has 1 amide bonds. The highest BCUT2D eigenvalue weighted by Crippen LogP contribution is 2.32. The minimum absolute atomic E-state index is 0.147. The number of H-pyrrole nitrogens is 1. The summed E-state index contributed by atoms with van der Waals surface area (Å²) in [5.41, 5.74) is 11.8. The quantitative estimate of drug-likeness (QED) is 0.265. The second-order valence-electron chi connectivity index (χ2n) is 8.30. The maximum Gasteiger partial charge on any atom is 0.267 e. The highest BCUT2D eigenvalue weighted by atomic mass is 32.1. The van der Waals surface area contributed by atoms with Crippen LogP contribution in [0.15, 0.2) is 60.0 Å². The number of rotatable bonds is 5. The van der Waals surface area contributed by atoms with Crippen LogP contribution in [0.1, 0.15) is 22.0 Å². The first-order valence-electron chi connectivity index (χ1n) is 11.1. The first-order valence-corrected chi connectivity index (χ1v) is 12.0. The molecule has 2 aromatic carbocycles. The number of fused-ring (bicyclic) bond motifs is 2. The van der Waals surface area contributed by atoms with E-state index in [2.05, 4.69) is 50.7 Å². The molecule has 0 saturated carbocycles. The molecule has 170 valence electrons. The van der Waals surface area contributed by atoms with Gasteiger partial charge >= 0.3 is 0 Å². The summed E-state index contributed by atoms with van der Waals surface area (Å²) in [5.74, 6) is 1.75. The minimum Gasteiger partial charge on any atom is -0.354 e. The Labute approximate surface area is 199 Å². The molecule has 0 aliphatic carbocycles. The zero-order valence-corrected chi connectivity index (χ0v) is 19.3. The van der Waals surface area contributed by atoms with Crippen LogP contribution in [0.3, 0.4) is 0 Å². The Balaban J connectivity index is 1.34. The normalized spacial score (nSPS) is 14.1. The van der Waals surface area contributed by atoms with Gasteiger partial charge in [0, 0.05) is 48.2 Å². The molecule has 0 atom stereocenters. The summed E-state index contributed by atoms with van der Waals surface area (Å²) in [6.07, 6.45) is 0. The molecule has 34 heavy (non-hydrogen) atoms. The van der Waals surface area contributed by atoms with Crippen molar-refractivity contribution in [3.05, 3.63) is 71.2 Å². The number of carbonyl (C=O) groups is 1. The molecule has 0 unspecified atom stereocenters. The van der Waals surface area contributed by atoms with E-state index in [1.54, 1.807) is 18.4 Å². The van der Waals surface area contributed by atoms with Gasteiger partial charge in [-0.25, -0.2) is 9.97 Å². The van der Waals surface area contributed by atoms with Gasteiger partial charge in [-0.05, 0) is 41.3 Å². The van der Waals surface area contributed by atoms with Gasteiger partial charge < -0.3 is 15.6 Å². The highest BCUT2D eigenvalue weighted by Gasteiger charge is 2.17. The third-order valence-electron chi connectivity index (χ3n) is 6.12. The molecule has 1 fully saturated rings. The Hall–Kier alpha value is -3.79. The van der Waals surface area contributed by atoms with Crippen LogP contribution in [-0.2, 0) is 0 Å². The van der Waals surface area contributed by atoms with Crippen molar-refractivity contribution in [1.29, 1.82) is 0 Å². The van der Waals surface area contributed by atoms with Crippen LogP contribution in [0.25, 0.3) is 32.5 Å². The SMILES string of the molecule is CNC(=O)c1cc2ccc(-c3nc(Nc4ccc(C5CNNC5)cc4)c4sccc4n3)cc2[nH]1. The second-order valence-corrected chi connectivity index (χ2v) is 9.22. The zero-order chi connectivity index (χ0) is 23.1. The van der Waals surface area contributed by atoms with E-state index >= 15 is 0 Å². The largest absolute Gasteiger partial charge is 0.354 e. The number of carbonyl (C=O) groups excluding carboxylic acids is 1. The Kier molecular flexibility index (Phi) is 5.21. The average Bonchev–Trinajstić information content (AvgIpc) is 3.64. The molecule has 4 heterocycles. The second kappa shape index (κ2) is 8.53. The van der Waals surface area contributed by atoms with Crippen molar-refractivity contribution in [2.24, 2.45) is 0 Å². The van der Waals surface area contributed by atoms with Crippen LogP contribution in [0, 0.1) is 0 Å². The predicted octanol–water partition coefficient (Wildman–Crippen LogP) is 4.13. The monoisotopic (exact) mass is 469 g/mol. The number of anilines is 2. The Morgan fingerprint density at radius 2 is 1.85 bits per heavy atom. The van der Waals surface area contributed by atoms with Gasteiger partial charge in [0.1, 0.15) is 5.69 Å². The summed E-state index contributed by atoms with van der Waals surface area (Å²) >= 11 is 1.62. The van der Waals surface area contributed by atoms with Crippen molar-refractivity contribution >= 4 is 49.9 Å². The van der Waals surface area contributed by atoms with Gasteiger partial charge in [-0.2, -0.15) is 0 Å². The molecule has 9 heteroatoms. The van der Waals surface area contributed by atoms with Gasteiger partial charge in [0.15, 0.2) is 11.6 Å². The lowest BCUT2D eigenvalue weighted by Crippen LogP contribution is -2.21. The first kappa shape index (κ1) is 20.8. The lowest BCUT2D eigenvalue weighted by molar-refractivity contribution is 0.0959. The Bertz CT molecular complexity index is 1500. The molecule has 5 N–H and O–H groups in total. The number of nitrogens with zero attached hydrogens (tertiary/aromatic N) is 2. The fraction of sp³-hybridized carbons (Fsp3) is 0.160. The summed E-state index contributed by atoms with van der Waals surface area (Å²) in [6, 6.07) is 18.3. The summed E-state index contributed by atoms with van der Waals surface area (Å²) < 4.78 is 1.01. The van der Waals surface area contributed by atoms with Crippen LogP contribution in [0.5, 0.6) is 0 Å².